The van der Waals surface area contributed by atoms with E-state index in [-0.39, 0.29) is 6.54 Å². The highest BCUT2D eigenvalue weighted by atomic mass is 16.4. The lowest BCUT2D eigenvalue weighted by molar-refractivity contribution is -0.139. The number of hydrogen-bond acceptors (Lipinski definition) is 3. The number of piperidine rings is 1. The molecule has 0 unspecified atom stereocenters. The van der Waals surface area contributed by atoms with Gasteiger partial charge in [0.2, 0.25) is 0 Å². The molecule has 0 spiro atoms. The van der Waals surface area contributed by atoms with Crippen LogP contribution >= 0.6 is 0 Å². The van der Waals surface area contributed by atoms with Crippen molar-refractivity contribution >= 4 is 5.97 Å². The van der Waals surface area contributed by atoms with E-state index in [1.54, 1.807) is 0 Å². The summed E-state index contributed by atoms with van der Waals surface area (Å²) in [6.07, 6.45) is 7.94. The highest BCUT2D eigenvalue weighted by molar-refractivity contribution is 5.69. The van der Waals surface area contributed by atoms with Crippen molar-refractivity contribution in [1.29, 1.82) is 0 Å². The molecule has 0 amide bonds. The van der Waals surface area contributed by atoms with Crippen LogP contribution in [0.4, 0.5) is 0 Å². The lowest BCUT2D eigenvalue weighted by Crippen LogP contribution is -2.47. The molecule has 0 atom stereocenters. The van der Waals surface area contributed by atoms with Gasteiger partial charge in [-0.3, -0.25) is 9.69 Å². The Morgan fingerprint density at radius 2 is 1.84 bits per heavy atom. The van der Waals surface area contributed by atoms with Crippen LogP contribution in [0.2, 0.25) is 0 Å². The summed E-state index contributed by atoms with van der Waals surface area (Å²) < 4.78 is 0. The number of likely N-dealkylation sites (tertiary alicyclic amines) is 1. The first kappa shape index (κ1) is 14.8. The van der Waals surface area contributed by atoms with Crippen LogP contribution in [0.3, 0.4) is 0 Å². The first-order valence-electron chi connectivity index (χ1n) is 7.87. The number of carbonyl (C=O) groups is 1. The molecule has 4 nitrogen and oxygen atoms in total. The minimum atomic E-state index is -0.699. The predicted molar refractivity (Wildman–Crippen MR) is 76.3 cm³/mol. The van der Waals surface area contributed by atoms with Gasteiger partial charge in [0.15, 0.2) is 0 Å². The molecule has 0 aromatic rings. The summed E-state index contributed by atoms with van der Waals surface area (Å²) in [7, 11) is 0. The van der Waals surface area contributed by atoms with Gasteiger partial charge in [-0.25, -0.2) is 0 Å². The molecule has 2 aliphatic rings. The van der Waals surface area contributed by atoms with E-state index in [1.807, 2.05) is 0 Å². The molecule has 1 N–H and O–H groups in total. The van der Waals surface area contributed by atoms with Crippen LogP contribution in [-0.2, 0) is 4.79 Å². The number of rotatable bonds is 6. The zero-order chi connectivity index (χ0) is 13.7. The van der Waals surface area contributed by atoms with Crippen LogP contribution in [0.15, 0.2) is 0 Å². The summed E-state index contributed by atoms with van der Waals surface area (Å²) in [5.41, 5.74) is 0. The fraction of sp³-hybridized carbons (Fsp3) is 0.933. The van der Waals surface area contributed by atoms with E-state index in [1.165, 1.54) is 32.2 Å². The minimum Gasteiger partial charge on any atom is -0.480 e. The normalized spacial score (nSPS) is 23.3. The third-order valence-corrected chi connectivity index (χ3v) is 4.81. The molecule has 2 fully saturated rings. The number of carboxylic acids is 1. The monoisotopic (exact) mass is 268 g/mol. The number of likely N-dealkylation sites (N-methyl/N-ethyl adjacent to an activating group) is 1. The van der Waals surface area contributed by atoms with Crippen molar-refractivity contribution in [2.75, 3.05) is 32.7 Å². The molecule has 0 aromatic carbocycles. The molecule has 4 heteroatoms. The maximum absolute atomic E-state index is 10.9. The summed E-state index contributed by atoms with van der Waals surface area (Å²) in [5, 5.41) is 8.94. The van der Waals surface area contributed by atoms with Crippen LogP contribution in [0, 0.1) is 5.92 Å². The molecule has 1 saturated carbocycles. The number of aliphatic carboxylic acids is 1. The molecule has 1 heterocycles. The van der Waals surface area contributed by atoms with E-state index in [2.05, 4.69) is 16.7 Å². The van der Waals surface area contributed by atoms with Crippen LogP contribution in [-0.4, -0.2) is 59.6 Å². The Hall–Kier alpha value is -0.610. The quantitative estimate of drug-likeness (QED) is 0.800. The van der Waals surface area contributed by atoms with Crippen LogP contribution in [0.25, 0.3) is 0 Å². The van der Waals surface area contributed by atoms with Gasteiger partial charge in [-0.2, -0.15) is 0 Å². The maximum atomic E-state index is 10.9. The summed E-state index contributed by atoms with van der Waals surface area (Å²) in [4.78, 5) is 15.6. The van der Waals surface area contributed by atoms with Gasteiger partial charge < -0.3 is 10.0 Å². The molecule has 0 bridgehead atoms. The van der Waals surface area contributed by atoms with Crippen molar-refractivity contribution in [3.05, 3.63) is 0 Å². The van der Waals surface area contributed by atoms with Crippen LogP contribution < -0.4 is 0 Å². The van der Waals surface area contributed by atoms with E-state index in [0.717, 1.165) is 38.4 Å². The molecule has 1 saturated heterocycles. The van der Waals surface area contributed by atoms with E-state index in [0.29, 0.717) is 6.04 Å². The lowest BCUT2D eigenvalue weighted by Gasteiger charge is -2.38. The molecule has 1 aliphatic heterocycles. The first-order chi connectivity index (χ1) is 9.19. The molecule has 19 heavy (non-hydrogen) atoms. The van der Waals surface area contributed by atoms with Gasteiger partial charge >= 0.3 is 5.97 Å². The van der Waals surface area contributed by atoms with Crippen LogP contribution in [0.1, 0.15) is 45.4 Å². The Labute approximate surface area is 116 Å². The fourth-order valence-electron chi connectivity index (χ4n) is 3.70. The summed E-state index contributed by atoms with van der Waals surface area (Å²) >= 11 is 0. The topological polar surface area (TPSA) is 43.8 Å². The van der Waals surface area contributed by atoms with Gasteiger partial charge in [-0.1, -0.05) is 19.8 Å². The van der Waals surface area contributed by atoms with Gasteiger partial charge in [0.05, 0.1) is 6.54 Å². The third kappa shape index (κ3) is 4.46. The van der Waals surface area contributed by atoms with Gasteiger partial charge in [0.25, 0.3) is 0 Å². The molecule has 2 rings (SSSR count). The fourth-order valence-corrected chi connectivity index (χ4v) is 3.70. The first-order valence-corrected chi connectivity index (χ1v) is 7.87. The van der Waals surface area contributed by atoms with Crippen LogP contribution in [0.5, 0.6) is 0 Å². The average molecular weight is 268 g/mol. The second-order valence-corrected chi connectivity index (χ2v) is 6.14. The lowest BCUT2D eigenvalue weighted by atomic mass is 10.0. The molecule has 0 radical (unpaired) electrons. The third-order valence-electron chi connectivity index (χ3n) is 4.81. The van der Waals surface area contributed by atoms with Crippen molar-refractivity contribution in [2.24, 2.45) is 5.92 Å². The van der Waals surface area contributed by atoms with Crippen molar-refractivity contribution in [1.82, 2.24) is 9.80 Å². The van der Waals surface area contributed by atoms with Crippen molar-refractivity contribution in [3.63, 3.8) is 0 Å². The Bertz CT molecular complexity index is 282. The van der Waals surface area contributed by atoms with Crippen molar-refractivity contribution in [3.8, 4) is 0 Å². The molecular formula is C15H28N2O2. The smallest absolute Gasteiger partial charge is 0.317 e. The zero-order valence-corrected chi connectivity index (χ0v) is 12.2. The van der Waals surface area contributed by atoms with Crippen molar-refractivity contribution in [2.45, 2.75) is 51.5 Å². The molecule has 1 aliphatic carbocycles. The SMILES string of the molecule is CCN(CC(=O)O)C1CCN(CC2CCCC2)CC1. The zero-order valence-electron chi connectivity index (χ0n) is 12.2. The Morgan fingerprint density at radius 1 is 1.21 bits per heavy atom. The average Bonchev–Trinajstić information content (AvgIpc) is 2.90. The van der Waals surface area contributed by atoms with Gasteiger partial charge in [-0.15, -0.1) is 0 Å². The van der Waals surface area contributed by atoms with E-state index in [9.17, 15) is 4.79 Å². The Kier molecular flexibility index (Phi) is 5.64. The highest BCUT2D eigenvalue weighted by Crippen LogP contribution is 2.27. The second kappa shape index (κ2) is 7.25. The number of nitrogens with zero attached hydrogens (tertiary/aromatic N) is 2. The largest absolute Gasteiger partial charge is 0.480 e. The minimum absolute atomic E-state index is 0.198. The van der Waals surface area contributed by atoms with Gasteiger partial charge in [0, 0.05) is 12.6 Å². The summed E-state index contributed by atoms with van der Waals surface area (Å²) in [5.74, 6) is 0.230. The van der Waals surface area contributed by atoms with E-state index < -0.39 is 5.97 Å². The predicted octanol–water partition coefficient (Wildman–Crippen LogP) is 2.05. The van der Waals surface area contributed by atoms with Gasteiger partial charge in [0.1, 0.15) is 0 Å². The standard InChI is InChI=1S/C15H28N2O2/c1-2-17(12-15(18)19)14-7-9-16(10-8-14)11-13-5-3-4-6-13/h13-14H,2-12H2,1H3,(H,18,19). The van der Waals surface area contributed by atoms with Crippen molar-refractivity contribution < 1.29 is 9.90 Å². The van der Waals surface area contributed by atoms with E-state index >= 15 is 0 Å². The molecular weight excluding hydrogens is 240 g/mol. The Morgan fingerprint density at radius 3 is 2.37 bits per heavy atom. The van der Waals surface area contributed by atoms with Gasteiger partial charge in [-0.05, 0) is 51.2 Å². The maximum Gasteiger partial charge on any atom is 0.317 e. The second-order valence-electron chi connectivity index (χ2n) is 6.14. The number of hydrogen-bond donors (Lipinski definition) is 1. The number of carboxylic acid groups (broad SMARTS) is 1. The Balaban J connectivity index is 1.72. The summed E-state index contributed by atoms with van der Waals surface area (Å²) in [6.45, 7) is 6.68. The molecule has 0 aromatic heterocycles. The highest BCUT2D eigenvalue weighted by Gasteiger charge is 2.26. The van der Waals surface area contributed by atoms with E-state index in [4.69, 9.17) is 5.11 Å². The summed E-state index contributed by atoms with van der Waals surface area (Å²) in [6, 6.07) is 0.473. The molecule has 110 valence electrons.